The molecule has 1 atom stereocenters. The molecule has 0 radical (unpaired) electrons. The van der Waals surface area contributed by atoms with Gasteiger partial charge < -0.3 is 15.0 Å². The average molecular weight is 271 g/mol. The SMILES string of the molecule is Cc1ccccc1NC(C(=O)O)c1cncn1C1CC1. The summed E-state index contributed by atoms with van der Waals surface area (Å²) in [6.45, 7) is 1.96. The van der Waals surface area contributed by atoms with Gasteiger partial charge in [-0.05, 0) is 31.4 Å². The van der Waals surface area contributed by atoms with Crippen LogP contribution in [0, 0.1) is 6.92 Å². The van der Waals surface area contributed by atoms with E-state index in [0.717, 1.165) is 24.1 Å². The van der Waals surface area contributed by atoms with Gasteiger partial charge in [0, 0.05) is 11.7 Å². The second-order valence-corrected chi connectivity index (χ2v) is 5.19. The third-order valence-electron chi connectivity index (χ3n) is 3.62. The summed E-state index contributed by atoms with van der Waals surface area (Å²) >= 11 is 0. The minimum Gasteiger partial charge on any atom is -0.479 e. The van der Waals surface area contributed by atoms with Gasteiger partial charge in [-0.15, -0.1) is 0 Å². The minimum atomic E-state index is -0.893. The van der Waals surface area contributed by atoms with Crippen LogP contribution in [0.3, 0.4) is 0 Å². The molecular formula is C15H17N3O2. The number of aryl methyl sites for hydroxylation is 1. The highest BCUT2D eigenvalue weighted by Crippen LogP contribution is 2.37. The summed E-state index contributed by atoms with van der Waals surface area (Å²) in [4.78, 5) is 15.7. The Bertz CT molecular complexity index is 632. The van der Waals surface area contributed by atoms with Gasteiger partial charge >= 0.3 is 5.97 Å². The summed E-state index contributed by atoms with van der Waals surface area (Å²) in [7, 11) is 0. The van der Waals surface area contributed by atoms with Gasteiger partial charge in [0.05, 0.1) is 18.2 Å². The zero-order chi connectivity index (χ0) is 14.1. The van der Waals surface area contributed by atoms with Crippen molar-refractivity contribution in [2.45, 2.75) is 31.8 Å². The van der Waals surface area contributed by atoms with E-state index in [2.05, 4.69) is 10.3 Å². The number of imidazole rings is 1. The first kappa shape index (κ1) is 12.7. The Labute approximate surface area is 117 Å². The molecule has 1 aliphatic carbocycles. The Morgan fingerprint density at radius 2 is 2.20 bits per heavy atom. The second kappa shape index (κ2) is 5.00. The van der Waals surface area contributed by atoms with E-state index < -0.39 is 12.0 Å². The summed E-state index contributed by atoms with van der Waals surface area (Å²) < 4.78 is 1.98. The van der Waals surface area contributed by atoms with Crippen molar-refractivity contribution in [1.82, 2.24) is 9.55 Å². The fraction of sp³-hybridized carbons (Fsp3) is 0.333. The van der Waals surface area contributed by atoms with Crippen LogP contribution in [0.4, 0.5) is 5.69 Å². The van der Waals surface area contributed by atoms with Crippen LogP contribution in [-0.2, 0) is 4.79 Å². The number of carboxylic acid groups (broad SMARTS) is 1. The maximum Gasteiger partial charge on any atom is 0.332 e. The first-order valence-electron chi connectivity index (χ1n) is 6.73. The smallest absolute Gasteiger partial charge is 0.332 e. The summed E-state index contributed by atoms with van der Waals surface area (Å²) in [6, 6.07) is 7.31. The molecule has 20 heavy (non-hydrogen) atoms. The Kier molecular flexibility index (Phi) is 3.18. The maximum absolute atomic E-state index is 11.6. The minimum absolute atomic E-state index is 0.410. The number of rotatable bonds is 5. The van der Waals surface area contributed by atoms with Crippen molar-refractivity contribution in [3.8, 4) is 0 Å². The molecule has 5 heteroatoms. The molecule has 1 unspecified atom stereocenters. The number of nitrogens with one attached hydrogen (secondary N) is 1. The molecule has 0 saturated heterocycles. The van der Waals surface area contributed by atoms with Crippen LogP contribution in [0.15, 0.2) is 36.8 Å². The monoisotopic (exact) mass is 271 g/mol. The predicted molar refractivity (Wildman–Crippen MR) is 75.7 cm³/mol. The van der Waals surface area contributed by atoms with Crippen LogP contribution < -0.4 is 5.32 Å². The van der Waals surface area contributed by atoms with Gasteiger partial charge in [-0.2, -0.15) is 0 Å². The highest BCUT2D eigenvalue weighted by Gasteiger charge is 2.31. The third-order valence-corrected chi connectivity index (χ3v) is 3.62. The fourth-order valence-corrected chi connectivity index (χ4v) is 2.35. The Balaban J connectivity index is 1.91. The van der Waals surface area contributed by atoms with E-state index >= 15 is 0 Å². The molecule has 1 aromatic heterocycles. The van der Waals surface area contributed by atoms with E-state index in [4.69, 9.17) is 0 Å². The predicted octanol–water partition coefficient (Wildman–Crippen LogP) is 2.76. The summed E-state index contributed by atoms with van der Waals surface area (Å²) in [6.07, 6.45) is 5.56. The molecule has 2 N–H and O–H groups in total. The molecule has 0 aliphatic heterocycles. The van der Waals surface area contributed by atoms with Crippen molar-refractivity contribution in [2.24, 2.45) is 0 Å². The fourth-order valence-electron chi connectivity index (χ4n) is 2.35. The van der Waals surface area contributed by atoms with Gasteiger partial charge in [0.1, 0.15) is 0 Å². The number of nitrogens with zero attached hydrogens (tertiary/aromatic N) is 2. The standard InChI is InChI=1S/C15H17N3O2/c1-10-4-2-3-5-12(10)17-14(15(19)20)13-8-16-9-18(13)11-6-7-11/h2-5,8-9,11,14,17H,6-7H2,1H3,(H,19,20). The second-order valence-electron chi connectivity index (χ2n) is 5.19. The molecule has 1 heterocycles. The first-order valence-corrected chi connectivity index (χ1v) is 6.73. The van der Waals surface area contributed by atoms with Crippen LogP contribution in [0.2, 0.25) is 0 Å². The van der Waals surface area contributed by atoms with Crippen LogP contribution >= 0.6 is 0 Å². The number of carbonyl (C=O) groups is 1. The lowest BCUT2D eigenvalue weighted by atomic mass is 10.1. The topological polar surface area (TPSA) is 67.2 Å². The lowest BCUT2D eigenvalue weighted by Crippen LogP contribution is -2.23. The van der Waals surface area contributed by atoms with Crippen molar-refractivity contribution in [2.75, 3.05) is 5.32 Å². The zero-order valence-corrected chi connectivity index (χ0v) is 11.3. The number of hydrogen-bond donors (Lipinski definition) is 2. The lowest BCUT2D eigenvalue weighted by Gasteiger charge is -2.18. The van der Waals surface area contributed by atoms with E-state index in [0.29, 0.717) is 11.7 Å². The highest BCUT2D eigenvalue weighted by atomic mass is 16.4. The van der Waals surface area contributed by atoms with Gasteiger partial charge in [-0.25, -0.2) is 9.78 Å². The van der Waals surface area contributed by atoms with Gasteiger partial charge in [-0.1, -0.05) is 18.2 Å². The summed E-state index contributed by atoms with van der Waals surface area (Å²) in [5.41, 5.74) is 2.57. The number of benzene rings is 1. The van der Waals surface area contributed by atoms with E-state index in [1.54, 1.807) is 12.5 Å². The number of carboxylic acids is 1. The van der Waals surface area contributed by atoms with Crippen molar-refractivity contribution >= 4 is 11.7 Å². The van der Waals surface area contributed by atoms with Crippen LogP contribution in [0.5, 0.6) is 0 Å². The maximum atomic E-state index is 11.6. The number of hydrogen-bond acceptors (Lipinski definition) is 3. The van der Waals surface area contributed by atoms with Gasteiger partial charge in [0.2, 0.25) is 0 Å². The van der Waals surface area contributed by atoms with Crippen LogP contribution in [0.25, 0.3) is 0 Å². The molecule has 0 spiro atoms. The number of aliphatic carboxylic acids is 1. The lowest BCUT2D eigenvalue weighted by molar-refractivity contribution is -0.138. The van der Waals surface area contributed by atoms with Gasteiger partial charge in [0.25, 0.3) is 0 Å². The van der Waals surface area contributed by atoms with Crippen molar-refractivity contribution in [1.29, 1.82) is 0 Å². The van der Waals surface area contributed by atoms with E-state index in [9.17, 15) is 9.90 Å². The van der Waals surface area contributed by atoms with E-state index in [1.807, 2.05) is 35.8 Å². The molecule has 1 fully saturated rings. The molecular weight excluding hydrogens is 254 g/mol. The zero-order valence-electron chi connectivity index (χ0n) is 11.3. The first-order chi connectivity index (χ1) is 9.66. The van der Waals surface area contributed by atoms with Crippen molar-refractivity contribution in [3.05, 3.63) is 48.0 Å². The van der Waals surface area contributed by atoms with Crippen molar-refractivity contribution < 1.29 is 9.90 Å². The quantitative estimate of drug-likeness (QED) is 0.877. The molecule has 3 rings (SSSR count). The van der Waals surface area contributed by atoms with Gasteiger partial charge in [-0.3, -0.25) is 0 Å². The Hall–Kier alpha value is -2.30. The Morgan fingerprint density at radius 3 is 2.85 bits per heavy atom. The molecule has 5 nitrogen and oxygen atoms in total. The number of para-hydroxylation sites is 1. The number of anilines is 1. The van der Waals surface area contributed by atoms with Crippen LogP contribution in [0.1, 0.15) is 36.2 Å². The molecule has 0 amide bonds. The summed E-state index contributed by atoms with van der Waals surface area (Å²) in [5.74, 6) is -0.893. The molecule has 1 saturated carbocycles. The average Bonchev–Trinajstić information content (AvgIpc) is 3.16. The van der Waals surface area contributed by atoms with Gasteiger partial charge in [0.15, 0.2) is 6.04 Å². The largest absolute Gasteiger partial charge is 0.479 e. The molecule has 2 aromatic rings. The third kappa shape index (κ3) is 2.39. The van der Waals surface area contributed by atoms with E-state index in [1.165, 1.54) is 0 Å². The van der Waals surface area contributed by atoms with Crippen LogP contribution in [-0.4, -0.2) is 20.6 Å². The molecule has 1 aliphatic rings. The molecule has 104 valence electrons. The molecule has 0 bridgehead atoms. The highest BCUT2D eigenvalue weighted by molar-refractivity contribution is 5.79. The van der Waals surface area contributed by atoms with E-state index in [-0.39, 0.29) is 0 Å². The Morgan fingerprint density at radius 1 is 1.45 bits per heavy atom. The number of aromatic nitrogens is 2. The molecule has 1 aromatic carbocycles. The van der Waals surface area contributed by atoms with Crippen molar-refractivity contribution in [3.63, 3.8) is 0 Å². The normalized spacial score (nSPS) is 15.8. The summed E-state index contributed by atoms with van der Waals surface area (Å²) in [5, 5.41) is 12.6.